The van der Waals surface area contributed by atoms with Crippen molar-refractivity contribution in [2.45, 2.75) is 278 Å². The molecule has 6 aromatic carbocycles. The number of aryl methyl sites for hydroxylation is 6. The highest BCUT2D eigenvalue weighted by atomic mass is 35.5. The van der Waals surface area contributed by atoms with Gasteiger partial charge in [-0.3, -0.25) is 4.98 Å². The Kier molecular flexibility index (Phi) is 32.6. The highest BCUT2D eigenvalue weighted by Crippen LogP contribution is 2.38. The molecule has 89 heavy (non-hydrogen) atoms. The first kappa shape index (κ1) is 81.3. The van der Waals surface area contributed by atoms with Gasteiger partial charge in [-0.25, -0.2) is 0 Å². The van der Waals surface area contributed by atoms with Gasteiger partial charge in [0.05, 0.1) is 22.3 Å². The van der Waals surface area contributed by atoms with E-state index in [4.69, 9.17) is 16.9 Å². The molecule has 0 spiro atoms. The van der Waals surface area contributed by atoms with E-state index >= 15 is 0 Å². The molecular weight excluding hydrogens is 1100 g/mol. The zero-order valence-electron chi connectivity index (χ0n) is 62.4. The van der Waals surface area contributed by atoms with E-state index in [9.17, 15) is 0 Å². The number of nitrogens with zero attached hydrogens (tertiary/aromatic N) is 2. The molecule has 1 aliphatic rings. The number of rotatable bonds is 0. The van der Waals surface area contributed by atoms with E-state index in [1.165, 1.54) is 93.3 Å². The third-order valence-corrected chi connectivity index (χ3v) is 16.3. The van der Waals surface area contributed by atoms with Gasteiger partial charge in [0.2, 0.25) is 0 Å². The van der Waals surface area contributed by atoms with E-state index in [1.807, 2.05) is 36.4 Å². The molecule has 488 valence electrons. The van der Waals surface area contributed by atoms with Crippen LogP contribution in [-0.4, -0.2) is 4.98 Å². The number of halogens is 1. The first-order valence-corrected chi connectivity index (χ1v) is 33.4. The van der Waals surface area contributed by atoms with E-state index < -0.39 is 0 Å². The Hall–Kier alpha value is -5.75. The second kappa shape index (κ2) is 35.7. The van der Waals surface area contributed by atoms with E-state index in [2.05, 4.69) is 334 Å². The SMILES string of the molecule is CC(C)(C)C1CCCCC1.CC(C)(C)c1ccccc1C#N.CC(C)(C)c1ncccc1Cl.Cc1ccc(C(C)(C)C)c(C)c1.Cc1ccc(C(C)(C)C)cc1.Cc1cccc(C(C)(C)C)c1.Cc1cccc(C(C)(C)C)c1.Cc1ccccc1C(C)(C)C. The van der Waals surface area contributed by atoms with Crippen molar-refractivity contribution in [3.63, 3.8) is 0 Å². The minimum atomic E-state index is 0.0400. The number of hydrogen-bond donors (Lipinski definition) is 0. The maximum absolute atomic E-state index is 8.83. The van der Waals surface area contributed by atoms with Crippen molar-refractivity contribution in [3.05, 3.63) is 241 Å². The van der Waals surface area contributed by atoms with Crippen LogP contribution in [0.1, 0.15) is 276 Å². The Labute approximate surface area is 554 Å². The molecule has 2 nitrogen and oxygen atoms in total. The summed E-state index contributed by atoms with van der Waals surface area (Å²) >= 11 is 5.95. The predicted octanol–water partition coefficient (Wildman–Crippen LogP) is 26.3. The summed E-state index contributed by atoms with van der Waals surface area (Å²) in [4.78, 5) is 4.22. The van der Waals surface area contributed by atoms with Crippen LogP contribution in [0.5, 0.6) is 0 Å². The van der Waals surface area contributed by atoms with Gasteiger partial charge in [-0.15, -0.1) is 0 Å². The van der Waals surface area contributed by atoms with Crippen LogP contribution in [0.25, 0.3) is 0 Å². The first-order valence-electron chi connectivity index (χ1n) is 33.1. The Morgan fingerprint density at radius 1 is 0.360 bits per heavy atom. The number of aromatic nitrogens is 1. The molecule has 0 amide bonds. The summed E-state index contributed by atoms with van der Waals surface area (Å²) in [7, 11) is 0. The molecule has 0 atom stereocenters. The van der Waals surface area contributed by atoms with Crippen molar-refractivity contribution >= 4 is 11.6 Å². The van der Waals surface area contributed by atoms with Crippen LogP contribution >= 0.6 is 11.6 Å². The fraction of sp³-hybridized carbons (Fsp3) is 0.512. The zero-order valence-corrected chi connectivity index (χ0v) is 63.2. The molecule has 1 aliphatic carbocycles. The van der Waals surface area contributed by atoms with Gasteiger partial charge < -0.3 is 0 Å². The maximum atomic E-state index is 8.83. The largest absolute Gasteiger partial charge is 0.259 e. The second-order valence-electron chi connectivity index (χ2n) is 33.2. The molecule has 0 bridgehead atoms. The zero-order chi connectivity index (χ0) is 68.6. The van der Waals surface area contributed by atoms with Gasteiger partial charge in [0.1, 0.15) is 0 Å². The molecule has 0 radical (unpaired) electrons. The Bertz CT molecular complexity index is 3060. The monoisotopic (exact) mass is 1220 g/mol. The van der Waals surface area contributed by atoms with E-state index in [0.717, 1.165) is 27.8 Å². The van der Waals surface area contributed by atoms with Gasteiger partial charge in [-0.05, 0) is 161 Å². The molecule has 1 heterocycles. The lowest BCUT2D eigenvalue weighted by Gasteiger charge is -2.33. The molecule has 0 aliphatic heterocycles. The quantitative estimate of drug-likeness (QED) is 0.152. The van der Waals surface area contributed by atoms with Gasteiger partial charge in [-0.2, -0.15) is 5.26 Å². The Morgan fingerprint density at radius 2 is 0.764 bits per heavy atom. The molecule has 8 rings (SSSR count). The van der Waals surface area contributed by atoms with Crippen molar-refractivity contribution in [1.82, 2.24) is 4.98 Å². The second-order valence-corrected chi connectivity index (χ2v) is 33.6. The summed E-state index contributed by atoms with van der Waals surface area (Å²) < 4.78 is 0. The Morgan fingerprint density at radius 3 is 1.08 bits per heavy atom. The van der Waals surface area contributed by atoms with E-state index in [1.54, 1.807) is 6.20 Å². The standard InChI is InChI=1S/C12H18.C11H13N.4C11H16.C10H20.C9H12ClN/c1-9-6-7-11(10(2)8-9)12(3,4)5;1-11(2,3)10-7-5-4-6-9(10)8-12;1-9-5-7-10(8-6-9)11(2,3)4;2*1-9-6-5-7-10(8-9)11(2,3)4;1-9-7-5-6-8-10(9)11(2,3)4;1-10(2,3)9-7-5-4-6-8-9;1-9(2,3)8-7(10)5-4-6-11-8/h6-8H,1-5H3;4-7H,1-3H3;4*5-8H,1-4H3;9H,4-8H2,1-3H3;4-6H,1-3H3. The fourth-order valence-electron chi connectivity index (χ4n) is 10.5. The molecule has 3 heteroatoms. The van der Waals surface area contributed by atoms with Crippen molar-refractivity contribution < 1.29 is 0 Å². The molecule has 0 saturated heterocycles. The van der Waals surface area contributed by atoms with Crippen LogP contribution in [0.15, 0.2) is 158 Å². The van der Waals surface area contributed by atoms with Crippen molar-refractivity contribution in [2.24, 2.45) is 11.3 Å². The van der Waals surface area contributed by atoms with Crippen LogP contribution < -0.4 is 0 Å². The first-order chi connectivity index (χ1) is 40.6. The third-order valence-electron chi connectivity index (χ3n) is 16.0. The molecule has 7 aromatic rings. The average molecular weight is 1220 g/mol. The highest BCUT2D eigenvalue weighted by Gasteiger charge is 2.26. The van der Waals surface area contributed by atoms with Gasteiger partial charge >= 0.3 is 0 Å². The average Bonchev–Trinajstić information content (AvgIpc) is 3.26. The molecule has 1 saturated carbocycles. The fourth-order valence-corrected chi connectivity index (χ4v) is 10.9. The summed E-state index contributed by atoms with van der Waals surface area (Å²) in [6.07, 6.45) is 9.15. The van der Waals surface area contributed by atoms with Crippen LogP contribution in [0.3, 0.4) is 0 Å². The van der Waals surface area contributed by atoms with Crippen LogP contribution in [-0.2, 0) is 37.9 Å². The number of hydrogen-bond acceptors (Lipinski definition) is 2. The minimum Gasteiger partial charge on any atom is -0.259 e. The third kappa shape index (κ3) is 32.2. The van der Waals surface area contributed by atoms with Gasteiger partial charge in [0, 0.05) is 11.6 Å². The summed E-state index contributed by atoms with van der Waals surface area (Å²) in [5.41, 5.74) is 20.2. The number of benzene rings is 6. The van der Waals surface area contributed by atoms with Gasteiger partial charge in [0.15, 0.2) is 0 Å². The van der Waals surface area contributed by atoms with E-state index in [0.29, 0.717) is 5.41 Å². The summed E-state index contributed by atoms with van der Waals surface area (Å²) in [6, 6.07) is 55.0. The Balaban J connectivity index is 0.000000509. The highest BCUT2D eigenvalue weighted by molar-refractivity contribution is 6.31. The van der Waals surface area contributed by atoms with Crippen LogP contribution in [0.4, 0.5) is 0 Å². The lowest BCUT2D eigenvalue weighted by Crippen LogP contribution is -2.22. The van der Waals surface area contributed by atoms with Gasteiger partial charge in [0.25, 0.3) is 0 Å². The summed E-state index contributed by atoms with van der Waals surface area (Å²) in [5, 5.41) is 9.58. The normalized spacial score (nSPS) is 12.8. The number of pyridine rings is 1. The van der Waals surface area contributed by atoms with Crippen molar-refractivity contribution in [3.8, 4) is 6.07 Å². The topological polar surface area (TPSA) is 36.7 Å². The predicted molar refractivity (Wildman–Crippen MR) is 398 cm³/mol. The van der Waals surface area contributed by atoms with Crippen LogP contribution in [0.2, 0.25) is 5.02 Å². The van der Waals surface area contributed by atoms with Crippen molar-refractivity contribution in [2.75, 3.05) is 0 Å². The maximum Gasteiger partial charge on any atom is 0.0994 e. The molecule has 0 N–H and O–H groups in total. The molecule has 0 unspecified atom stereocenters. The molecule has 1 aromatic heterocycles. The summed E-state index contributed by atoms with van der Waals surface area (Å²) in [6.45, 7) is 66.3. The van der Waals surface area contributed by atoms with Crippen molar-refractivity contribution in [1.29, 1.82) is 5.26 Å². The lowest BCUT2D eigenvalue weighted by molar-refractivity contribution is 0.180. The minimum absolute atomic E-state index is 0.0400. The van der Waals surface area contributed by atoms with Gasteiger partial charge in [-0.1, -0.05) is 353 Å². The molecular formula is C86H127ClN2. The lowest BCUT2D eigenvalue weighted by atomic mass is 9.72. The van der Waals surface area contributed by atoms with Crippen LogP contribution in [0, 0.1) is 64.2 Å². The summed E-state index contributed by atoms with van der Waals surface area (Å²) in [5.74, 6) is 1.00. The van der Waals surface area contributed by atoms with E-state index in [-0.39, 0.29) is 37.9 Å². The number of nitriles is 1. The smallest absolute Gasteiger partial charge is 0.0994 e. The molecule has 1 fully saturated rings.